The largest absolute Gasteiger partial charge is 0.479 e. The number of aliphatic carboxylic acids is 1. The van der Waals surface area contributed by atoms with Crippen molar-refractivity contribution in [2.75, 3.05) is 6.67 Å². The number of carboxylic acid groups (broad SMARTS) is 1. The summed E-state index contributed by atoms with van der Waals surface area (Å²) in [6.07, 6.45) is -0.930. The Labute approximate surface area is 107 Å². The van der Waals surface area contributed by atoms with Crippen molar-refractivity contribution in [3.8, 4) is 0 Å². The molecule has 0 bridgehead atoms. The number of hydrogen-bond acceptors (Lipinski definition) is 3. The van der Waals surface area contributed by atoms with Crippen LogP contribution in [0.1, 0.15) is 41.0 Å². The van der Waals surface area contributed by atoms with Gasteiger partial charge in [0.25, 0.3) is 0 Å². The van der Waals surface area contributed by atoms with Crippen molar-refractivity contribution in [3.05, 3.63) is 0 Å². The van der Waals surface area contributed by atoms with Crippen LogP contribution in [0.5, 0.6) is 0 Å². The van der Waals surface area contributed by atoms with Crippen LogP contribution in [0.4, 0.5) is 9.18 Å². The van der Waals surface area contributed by atoms with Gasteiger partial charge in [0.05, 0.1) is 0 Å². The van der Waals surface area contributed by atoms with Gasteiger partial charge in [-0.05, 0) is 33.1 Å². The zero-order valence-corrected chi connectivity index (χ0v) is 11.5. The summed E-state index contributed by atoms with van der Waals surface area (Å²) in [5, 5.41) is 11.2. The lowest BCUT2D eigenvalue weighted by Crippen LogP contribution is -2.58. The van der Waals surface area contributed by atoms with Crippen molar-refractivity contribution in [2.24, 2.45) is 5.92 Å². The molecule has 106 valence electrons. The summed E-state index contributed by atoms with van der Waals surface area (Å²) in [5.41, 5.74) is -2.68. The second kappa shape index (κ2) is 6.02. The maximum atomic E-state index is 13.1. The minimum Gasteiger partial charge on any atom is -0.479 e. The highest BCUT2D eigenvalue weighted by molar-refractivity contribution is 5.84. The van der Waals surface area contributed by atoms with Gasteiger partial charge in [0.15, 0.2) is 5.54 Å². The molecule has 0 heterocycles. The van der Waals surface area contributed by atoms with E-state index in [0.29, 0.717) is 0 Å². The Morgan fingerprint density at radius 2 is 1.83 bits per heavy atom. The average molecular weight is 263 g/mol. The van der Waals surface area contributed by atoms with Crippen LogP contribution in [-0.4, -0.2) is 35.0 Å². The number of hydrogen-bond donors (Lipinski definition) is 2. The highest BCUT2D eigenvalue weighted by Crippen LogP contribution is 2.19. The Morgan fingerprint density at radius 3 is 2.11 bits per heavy atom. The lowest BCUT2D eigenvalue weighted by Gasteiger charge is -2.30. The van der Waals surface area contributed by atoms with Crippen molar-refractivity contribution in [1.82, 2.24) is 5.32 Å². The zero-order valence-electron chi connectivity index (χ0n) is 11.5. The third-order valence-corrected chi connectivity index (χ3v) is 2.13. The lowest BCUT2D eigenvalue weighted by molar-refractivity contribution is -0.146. The predicted molar refractivity (Wildman–Crippen MR) is 65.2 cm³/mol. The Bertz CT molecular complexity index is 312. The van der Waals surface area contributed by atoms with E-state index in [4.69, 9.17) is 9.84 Å². The standard InChI is InChI=1S/C12H22FNO4/c1-8(2)6-12(7-13,9(15)16)14-10(17)18-11(3,4)5/h8H,6-7H2,1-5H3,(H,14,17)(H,15,16). The molecule has 0 saturated heterocycles. The molecule has 0 radical (unpaired) electrons. The number of nitrogens with one attached hydrogen (secondary N) is 1. The molecule has 0 saturated carbocycles. The van der Waals surface area contributed by atoms with Crippen LogP contribution in [0.2, 0.25) is 0 Å². The van der Waals surface area contributed by atoms with Crippen LogP contribution in [0.3, 0.4) is 0 Å². The van der Waals surface area contributed by atoms with Crippen LogP contribution < -0.4 is 5.32 Å². The van der Waals surface area contributed by atoms with Crippen LogP contribution in [-0.2, 0) is 9.53 Å². The van der Waals surface area contributed by atoms with Gasteiger partial charge in [-0.1, -0.05) is 13.8 Å². The van der Waals surface area contributed by atoms with Crippen molar-refractivity contribution >= 4 is 12.1 Å². The van der Waals surface area contributed by atoms with Crippen molar-refractivity contribution in [3.63, 3.8) is 0 Å². The summed E-state index contributed by atoms with van der Waals surface area (Å²) < 4.78 is 18.0. The number of halogens is 1. The van der Waals surface area contributed by atoms with Crippen molar-refractivity contribution in [2.45, 2.75) is 52.2 Å². The lowest BCUT2D eigenvalue weighted by atomic mass is 9.90. The van der Waals surface area contributed by atoms with Gasteiger partial charge in [-0.2, -0.15) is 0 Å². The Morgan fingerprint density at radius 1 is 1.33 bits per heavy atom. The number of amides is 1. The molecule has 0 aliphatic rings. The molecule has 0 aliphatic heterocycles. The summed E-state index contributed by atoms with van der Waals surface area (Å²) in [5.74, 6) is -1.48. The third kappa shape index (κ3) is 5.33. The SMILES string of the molecule is CC(C)CC(CF)(NC(=O)OC(C)(C)C)C(=O)O. The molecule has 0 fully saturated rings. The highest BCUT2D eigenvalue weighted by Gasteiger charge is 2.42. The number of alkyl carbamates (subject to hydrolysis) is 1. The van der Waals surface area contributed by atoms with Gasteiger partial charge in [-0.15, -0.1) is 0 Å². The highest BCUT2D eigenvalue weighted by atomic mass is 19.1. The van der Waals surface area contributed by atoms with E-state index in [1.54, 1.807) is 34.6 Å². The summed E-state index contributed by atoms with van der Waals surface area (Å²) in [4.78, 5) is 22.7. The van der Waals surface area contributed by atoms with E-state index in [2.05, 4.69) is 5.32 Å². The first-order chi connectivity index (χ1) is 8.02. The van der Waals surface area contributed by atoms with E-state index in [9.17, 15) is 14.0 Å². The maximum absolute atomic E-state index is 13.1. The molecule has 1 atom stereocenters. The van der Waals surface area contributed by atoms with Crippen LogP contribution >= 0.6 is 0 Å². The van der Waals surface area contributed by atoms with Gasteiger partial charge < -0.3 is 15.2 Å². The number of carboxylic acids is 1. The van der Waals surface area contributed by atoms with Crippen molar-refractivity contribution < 1.29 is 23.8 Å². The zero-order chi connectivity index (χ0) is 14.6. The minimum atomic E-state index is -1.92. The normalized spacial score (nSPS) is 15.1. The molecule has 6 heteroatoms. The Hall–Kier alpha value is -1.33. The number of alkyl halides is 1. The van der Waals surface area contributed by atoms with Gasteiger partial charge in [0.1, 0.15) is 12.3 Å². The first-order valence-corrected chi connectivity index (χ1v) is 5.83. The van der Waals surface area contributed by atoms with Gasteiger partial charge in [0.2, 0.25) is 0 Å². The summed E-state index contributed by atoms with van der Waals surface area (Å²) in [6, 6.07) is 0. The molecule has 0 aromatic carbocycles. The van der Waals surface area contributed by atoms with E-state index in [-0.39, 0.29) is 12.3 Å². The number of carbonyl (C=O) groups excluding carboxylic acids is 1. The predicted octanol–water partition coefficient (Wildman–Crippen LogP) is 2.35. The Balaban J connectivity index is 4.90. The topological polar surface area (TPSA) is 75.6 Å². The van der Waals surface area contributed by atoms with Crippen LogP contribution in [0, 0.1) is 5.92 Å². The molecule has 1 unspecified atom stereocenters. The molecular weight excluding hydrogens is 241 g/mol. The maximum Gasteiger partial charge on any atom is 0.408 e. The van der Waals surface area contributed by atoms with Gasteiger partial charge in [-0.3, -0.25) is 0 Å². The molecule has 0 aliphatic carbocycles. The fraction of sp³-hybridized carbons (Fsp3) is 0.833. The molecule has 0 spiro atoms. The number of rotatable bonds is 5. The van der Waals surface area contributed by atoms with E-state index in [0.717, 1.165) is 0 Å². The Kier molecular flexibility index (Phi) is 5.57. The molecule has 1 amide bonds. The fourth-order valence-electron chi connectivity index (χ4n) is 1.53. The second-order valence-corrected chi connectivity index (χ2v) is 5.75. The van der Waals surface area contributed by atoms with Gasteiger partial charge in [0, 0.05) is 0 Å². The summed E-state index contributed by atoms with van der Waals surface area (Å²) in [7, 11) is 0. The molecule has 0 aromatic rings. The molecule has 0 aromatic heterocycles. The third-order valence-electron chi connectivity index (χ3n) is 2.13. The quantitative estimate of drug-likeness (QED) is 0.798. The van der Waals surface area contributed by atoms with E-state index in [1.165, 1.54) is 0 Å². The van der Waals surface area contributed by atoms with Gasteiger partial charge in [-0.25, -0.2) is 14.0 Å². The van der Waals surface area contributed by atoms with Crippen LogP contribution in [0.25, 0.3) is 0 Å². The fourth-order valence-corrected chi connectivity index (χ4v) is 1.53. The first kappa shape index (κ1) is 16.7. The summed E-state index contributed by atoms with van der Waals surface area (Å²) >= 11 is 0. The smallest absolute Gasteiger partial charge is 0.408 e. The molecule has 5 nitrogen and oxygen atoms in total. The van der Waals surface area contributed by atoms with E-state index < -0.39 is 29.9 Å². The van der Waals surface area contributed by atoms with Gasteiger partial charge >= 0.3 is 12.1 Å². The van der Waals surface area contributed by atoms with E-state index >= 15 is 0 Å². The molecule has 18 heavy (non-hydrogen) atoms. The molecule has 2 N–H and O–H groups in total. The second-order valence-electron chi connectivity index (χ2n) is 5.75. The summed E-state index contributed by atoms with van der Waals surface area (Å²) in [6.45, 7) is 7.26. The average Bonchev–Trinajstić information content (AvgIpc) is 2.12. The van der Waals surface area contributed by atoms with Crippen LogP contribution in [0.15, 0.2) is 0 Å². The number of carbonyl (C=O) groups is 2. The first-order valence-electron chi connectivity index (χ1n) is 5.83. The molecule has 0 rings (SSSR count). The van der Waals surface area contributed by atoms with Crippen molar-refractivity contribution in [1.29, 1.82) is 0 Å². The monoisotopic (exact) mass is 263 g/mol. The van der Waals surface area contributed by atoms with E-state index in [1.807, 2.05) is 0 Å². The minimum absolute atomic E-state index is 0.00191. The number of ether oxygens (including phenoxy) is 1. The molecular formula is C12H22FNO4.